The summed E-state index contributed by atoms with van der Waals surface area (Å²) in [5.74, 6) is -0.727. The molecular weight excluding hydrogens is 416 g/mol. The third-order valence-electron chi connectivity index (χ3n) is 5.25. The van der Waals surface area contributed by atoms with Crippen LogP contribution in [0.25, 0.3) is 10.9 Å². The van der Waals surface area contributed by atoms with Gasteiger partial charge in [0.1, 0.15) is 0 Å². The molecule has 0 unspecified atom stereocenters. The molecule has 0 aliphatic carbocycles. The summed E-state index contributed by atoms with van der Waals surface area (Å²) in [4.78, 5) is 31.5. The van der Waals surface area contributed by atoms with Gasteiger partial charge in [0.05, 0.1) is 17.0 Å². The molecule has 166 valence electrons. The Morgan fingerprint density at radius 1 is 0.970 bits per heavy atom. The zero-order chi connectivity index (χ0) is 23.4. The number of aromatic hydroxyl groups is 1. The van der Waals surface area contributed by atoms with Gasteiger partial charge < -0.3 is 21.1 Å². The van der Waals surface area contributed by atoms with Crippen LogP contribution in [-0.4, -0.2) is 34.2 Å². The van der Waals surface area contributed by atoms with E-state index in [9.17, 15) is 14.7 Å². The Kier molecular flexibility index (Phi) is 6.22. The molecule has 3 aromatic carbocycles. The van der Waals surface area contributed by atoms with Gasteiger partial charge in [-0.05, 0) is 42.8 Å². The molecule has 0 fully saturated rings. The molecule has 0 aliphatic heterocycles. The fraction of sp³-hybridized carbons (Fsp3) is 0.115. The first-order valence-electron chi connectivity index (χ1n) is 10.6. The quantitative estimate of drug-likeness (QED) is 0.321. The fourth-order valence-electron chi connectivity index (χ4n) is 3.59. The van der Waals surface area contributed by atoms with E-state index in [0.717, 1.165) is 17.4 Å². The lowest BCUT2D eigenvalue weighted by atomic mass is 10.00. The maximum Gasteiger partial charge on any atom is 0.251 e. The third kappa shape index (κ3) is 4.62. The summed E-state index contributed by atoms with van der Waals surface area (Å²) in [5.41, 5.74) is 9.33. The van der Waals surface area contributed by atoms with E-state index in [1.807, 2.05) is 37.3 Å². The largest absolute Gasteiger partial charge is 0.494 e. The van der Waals surface area contributed by atoms with Gasteiger partial charge in [-0.25, -0.2) is 4.99 Å². The normalized spacial score (nSPS) is 11.5. The van der Waals surface area contributed by atoms with E-state index in [0.29, 0.717) is 40.2 Å². The minimum atomic E-state index is -0.512. The Bertz CT molecular complexity index is 1340. The second-order valence-corrected chi connectivity index (χ2v) is 7.60. The molecule has 7 heteroatoms. The van der Waals surface area contributed by atoms with E-state index in [2.05, 4.69) is 10.3 Å². The van der Waals surface area contributed by atoms with Gasteiger partial charge >= 0.3 is 0 Å². The molecule has 33 heavy (non-hydrogen) atoms. The van der Waals surface area contributed by atoms with Crippen LogP contribution < -0.4 is 11.1 Å². The van der Waals surface area contributed by atoms with E-state index >= 15 is 0 Å². The van der Waals surface area contributed by atoms with Crippen molar-refractivity contribution in [2.45, 2.75) is 13.3 Å². The Hall–Kier alpha value is -4.39. The highest BCUT2D eigenvalue weighted by Gasteiger charge is 2.19. The molecule has 0 atom stereocenters. The summed E-state index contributed by atoms with van der Waals surface area (Å²) in [6.07, 6.45) is 0.846. The molecule has 0 radical (unpaired) electrons. The fourth-order valence-corrected chi connectivity index (χ4v) is 3.59. The van der Waals surface area contributed by atoms with Crippen LogP contribution in [-0.2, 0) is 0 Å². The lowest BCUT2D eigenvalue weighted by Crippen LogP contribution is -2.23. The van der Waals surface area contributed by atoms with Crippen LogP contribution in [0.4, 0.5) is 5.69 Å². The first kappa shape index (κ1) is 21.8. The van der Waals surface area contributed by atoms with Crippen molar-refractivity contribution in [1.29, 1.82) is 0 Å². The van der Waals surface area contributed by atoms with E-state index in [1.165, 1.54) is 0 Å². The van der Waals surface area contributed by atoms with Gasteiger partial charge in [0, 0.05) is 34.1 Å². The zero-order valence-electron chi connectivity index (χ0n) is 18.1. The number of amides is 2. The molecule has 0 bridgehead atoms. The zero-order valence-corrected chi connectivity index (χ0v) is 18.1. The highest BCUT2D eigenvalue weighted by molar-refractivity contribution is 6.22. The molecule has 1 aromatic heterocycles. The van der Waals surface area contributed by atoms with Gasteiger partial charge in [-0.15, -0.1) is 0 Å². The first-order valence-corrected chi connectivity index (χ1v) is 10.6. The molecule has 1 heterocycles. The summed E-state index contributed by atoms with van der Waals surface area (Å²) in [6, 6.07) is 21.4. The van der Waals surface area contributed by atoms with E-state index in [-0.39, 0.29) is 11.8 Å². The number of rotatable bonds is 7. The number of aromatic amines is 1. The van der Waals surface area contributed by atoms with Crippen molar-refractivity contribution in [1.82, 2.24) is 10.3 Å². The van der Waals surface area contributed by atoms with Gasteiger partial charge in [0.2, 0.25) is 5.91 Å². The molecule has 0 aliphatic rings. The van der Waals surface area contributed by atoms with Crippen LogP contribution >= 0.6 is 0 Å². The van der Waals surface area contributed by atoms with Crippen molar-refractivity contribution in [3.63, 3.8) is 0 Å². The minimum absolute atomic E-state index is 0.0486. The van der Waals surface area contributed by atoms with Crippen molar-refractivity contribution in [2.24, 2.45) is 10.7 Å². The summed E-state index contributed by atoms with van der Waals surface area (Å²) >= 11 is 0. The predicted molar refractivity (Wildman–Crippen MR) is 129 cm³/mol. The first-order chi connectivity index (χ1) is 16.0. The average Bonchev–Trinajstić information content (AvgIpc) is 3.16. The van der Waals surface area contributed by atoms with E-state index < -0.39 is 5.91 Å². The number of primary amides is 1. The molecule has 0 spiro atoms. The Morgan fingerprint density at radius 3 is 2.33 bits per heavy atom. The highest BCUT2D eigenvalue weighted by Crippen LogP contribution is 2.32. The number of hydrogen-bond donors (Lipinski definition) is 4. The predicted octanol–water partition coefficient (Wildman–Crippen LogP) is 4.28. The van der Waals surface area contributed by atoms with Crippen LogP contribution in [0.2, 0.25) is 0 Å². The standard InChI is InChI=1S/C26H24N4O3/c1-2-14-28-25(32)18-10-13-20-21(15-18)30-26(33)22(20)23(16-6-4-3-5-7-16)29-19-11-8-17(9-12-19)24(27)31/h3-13,15,30,33H,2,14H2,1H3,(H2,27,31)(H,28,32). The Morgan fingerprint density at radius 2 is 1.67 bits per heavy atom. The second-order valence-electron chi connectivity index (χ2n) is 7.60. The number of carbonyl (C=O) groups is 2. The molecular formula is C26H24N4O3. The van der Waals surface area contributed by atoms with Crippen molar-refractivity contribution in [2.75, 3.05) is 6.54 Å². The molecule has 5 N–H and O–H groups in total. The van der Waals surface area contributed by atoms with E-state index in [1.54, 1.807) is 42.5 Å². The monoisotopic (exact) mass is 440 g/mol. The maximum absolute atomic E-state index is 12.4. The number of nitrogens with one attached hydrogen (secondary N) is 2. The number of hydrogen-bond acceptors (Lipinski definition) is 4. The summed E-state index contributed by atoms with van der Waals surface area (Å²) in [7, 11) is 0. The minimum Gasteiger partial charge on any atom is -0.494 e. The number of nitrogens with zero attached hydrogens (tertiary/aromatic N) is 1. The Balaban J connectivity index is 1.83. The lowest BCUT2D eigenvalue weighted by Gasteiger charge is -2.08. The Labute approximate surface area is 191 Å². The van der Waals surface area contributed by atoms with Gasteiger partial charge in [-0.3, -0.25) is 9.59 Å². The number of benzene rings is 3. The van der Waals surface area contributed by atoms with Crippen molar-refractivity contribution in [3.8, 4) is 5.88 Å². The molecule has 4 rings (SSSR count). The second kappa shape index (κ2) is 9.40. The van der Waals surface area contributed by atoms with Crippen molar-refractivity contribution < 1.29 is 14.7 Å². The topological polar surface area (TPSA) is 121 Å². The third-order valence-corrected chi connectivity index (χ3v) is 5.25. The summed E-state index contributed by atoms with van der Waals surface area (Å²) in [6.45, 7) is 2.59. The van der Waals surface area contributed by atoms with Crippen LogP contribution in [0.5, 0.6) is 5.88 Å². The number of nitrogens with two attached hydrogens (primary N) is 1. The molecule has 7 nitrogen and oxygen atoms in total. The van der Waals surface area contributed by atoms with Crippen LogP contribution in [0.1, 0.15) is 45.2 Å². The summed E-state index contributed by atoms with van der Waals surface area (Å²) < 4.78 is 0. The van der Waals surface area contributed by atoms with Crippen molar-refractivity contribution in [3.05, 3.63) is 95.1 Å². The maximum atomic E-state index is 12.4. The lowest BCUT2D eigenvalue weighted by molar-refractivity contribution is 0.0952. The number of fused-ring (bicyclic) bond motifs is 1. The highest BCUT2D eigenvalue weighted by atomic mass is 16.3. The number of H-pyrrole nitrogens is 1. The van der Waals surface area contributed by atoms with Crippen LogP contribution in [0.15, 0.2) is 77.8 Å². The van der Waals surface area contributed by atoms with Gasteiger partial charge in [0.15, 0.2) is 5.88 Å². The summed E-state index contributed by atoms with van der Waals surface area (Å²) in [5, 5.41) is 14.4. The number of aromatic nitrogens is 1. The van der Waals surface area contributed by atoms with Gasteiger partial charge in [0.25, 0.3) is 5.91 Å². The smallest absolute Gasteiger partial charge is 0.251 e. The SMILES string of the molecule is CCCNC(=O)c1ccc2c(C(=Nc3ccc(C(N)=O)cc3)c3ccccc3)c(O)[nH]c2c1. The number of aliphatic imine (C=N–C) groups is 1. The van der Waals surface area contributed by atoms with Crippen molar-refractivity contribution >= 4 is 34.1 Å². The van der Waals surface area contributed by atoms with Gasteiger partial charge in [-0.2, -0.15) is 0 Å². The van der Waals surface area contributed by atoms with E-state index in [4.69, 9.17) is 10.7 Å². The van der Waals surface area contributed by atoms with Crippen LogP contribution in [0.3, 0.4) is 0 Å². The molecule has 0 saturated carbocycles. The molecule has 4 aromatic rings. The molecule has 2 amide bonds. The number of carbonyl (C=O) groups excluding carboxylic acids is 2. The van der Waals surface area contributed by atoms with Crippen LogP contribution in [0, 0.1) is 0 Å². The average molecular weight is 441 g/mol. The van der Waals surface area contributed by atoms with Gasteiger partial charge in [-0.1, -0.05) is 43.3 Å². The molecule has 0 saturated heterocycles.